The first-order valence-corrected chi connectivity index (χ1v) is 12.7. The number of carbonyl (C=O) groups is 1. The molecule has 0 unspecified atom stereocenters. The van der Waals surface area contributed by atoms with Crippen molar-refractivity contribution < 1.29 is 9.53 Å². The molecule has 0 bridgehead atoms. The molecule has 0 spiro atoms. The molecule has 2 aliphatic heterocycles. The third-order valence-electron chi connectivity index (χ3n) is 7.93. The summed E-state index contributed by atoms with van der Waals surface area (Å²) in [6, 6.07) is 5.13. The summed E-state index contributed by atoms with van der Waals surface area (Å²) in [6.07, 6.45) is 16.1. The quantitative estimate of drug-likeness (QED) is 0.751. The Morgan fingerprint density at radius 2 is 1.55 bits per heavy atom. The first-order valence-electron chi connectivity index (χ1n) is 12.7. The van der Waals surface area contributed by atoms with Crippen LogP contribution in [0.1, 0.15) is 81.1 Å². The van der Waals surface area contributed by atoms with Gasteiger partial charge in [0.2, 0.25) is 0 Å². The zero-order valence-corrected chi connectivity index (χ0v) is 18.8. The predicted octanol–water partition coefficient (Wildman–Crippen LogP) is 3.76. The third-order valence-corrected chi connectivity index (χ3v) is 7.93. The highest BCUT2D eigenvalue weighted by Gasteiger charge is 2.31. The van der Waals surface area contributed by atoms with E-state index >= 15 is 0 Å². The number of pyridine rings is 1. The molecular weight excluding hydrogens is 388 g/mol. The Morgan fingerprint density at radius 1 is 0.871 bits per heavy atom. The van der Waals surface area contributed by atoms with Crippen LogP contribution in [0.5, 0.6) is 0 Å². The van der Waals surface area contributed by atoms with E-state index in [1.807, 2.05) is 18.3 Å². The third kappa shape index (κ3) is 5.23. The lowest BCUT2D eigenvalue weighted by molar-refractivity contribution is -0.0598. The first kappa shape index (κ1) is 21.2. The number of likely N-dealkylation sites (tertiary alicyclic amines) is 1. The van der Waals surface area contributed by atoms with Gasteiger partial charge in [-0.1, -0.05) is 19.3 Å². The summed E-state index contributed by atoms with van der Waals surface area (Å²) in [6.45, 7) is 4.45. The van der Waals surface area contributed by atoms with Gasteiger partial charge in [0.15, 0.2) is 0 Å². The van der Waals surface area contributed by atoms with Gasteiger partial charge in [0, 0.05) is 38.3 Å². The van der Waals surface area contributed by atoms with Crippen LogP contribution < -0.4 is 10.2 Å². The number of piperidine rings is 2. The maximum Gasteiger partial charge on any atom is 0.270 e. The van der Waals surface area contributed by atoms with Crippen molar-refractivity contribution in [2.45, 2.75) is 94.9 Å². The highest BCUT2D eigenvalue weighted by molar-refractivity contribution is 5.92. The molecule has 1 aromatic rings. The van der Waals surface area contributed by atoms with E-state index < -0.39 is 0 Å². The summed E-state index contributed by atoms with van der Waals surface area (Å²) in [7, 11) is 0. The van der Waals surface area contributed by atoms with Gasteiger partial charge in [0.1, 0.15) is 5.69 Å². The van der Waals surface area contributed by atoms with Crippen LogP contribution in [-0.4, -0.2) is 66.3 Å². The average molecular weight is 427 g/mol. The number of carbonyl (C=O) groups excluding carboxylic acids is 1. The molecule has 1 aromatic heterocycles. The van der Waals surface area contributed by atoms with Gasteiger partial charge in [-0.2, -0.15) is 0 Å². The predicted molar refractivity (Wildman–Crippen MR) is 123 cm³/mol. The minimum Gasteiger partial charge on any atom is -0.375 e. The number of amides is 1. The Hall–Kier alpha value is -1.66. The fourth-order valence-electron chi connectivity index (χ4n) is 5.69. The monoisotopic (exact) mass is 426 g/mol. The molecule has 0 aromatic carbocycles. The van der Waals surface area contributed by atoms with Crippen LogP contribution in [-0.2, 0) is 4.74 Å². The van der Waals surface area contributed by atoms with Crippen LogP contribution in [0.15, 0.2) is 18.3 Å². The highest BCUT2D eigenvalue weighted by atomic mass is 16.5. The molecule has 0 atom stereocenters. The number of nitrogens with one attached hydrogen (secondary N) is 1. The molecule has 1 N–H and O–H groups in total. The summed E-state index contributed by atoms with van der Waals surface area (Å²) in [5.74, 6) is -0.0334. The second-order valence-electron chi connectivity index (χ2n) is 10.00. The van der Waals surface area contributed by atoms with E-state index in [1.165, 1.54) is 58.0 Å². The van der Waals surface area contributed by atoms with E-state index in [-0.39, 0.29) is 5.91 Å². The van der Waals surface area contributed by atoms with Gasteiger partial charge in [0.05, 0.1) is 24.1 Å². The molecule has 6 heteroatoms. The van der Waals surface area contributed by atoms with Gasteiger partial charge in [-0.25, -0.2) is 4.98 Å². The lowest BCUT2D eigenvalue weighted by Gasteiger charge is -2.43. The molecule has 2 aliphatic carbocycles. The van der Waals surface area contributed by atoms with E-state index in [2.05, 4.69) is 20.1 Å². The zero-order valence-electron chi connectivity index (χ0n) is 18.8. The van der Waals surface area contributed by atoms with Crippen molar-refractivity contribution in [1.29, 1.82) is 0 Å². The van der Waals surface area contributed by atoms with E-state index in [9.17, 15) is 4.79 Å². The maximum atomic E-state index is 12.4. The molecule has 4 aliphatic rings. The molecule has 31 heavy (non-hydrogen) atoms. The molecule has 6 nitrogen and oxygen atoms in total. The van der Waals surface area contributed by atoms with Crippen molar-refractivity contribution in [2.24, 2.45) is 0 Å². The van der Waals surface area contributed by atoms with Gasteiger partial charge < -0.3 is 19.9 Å². The summed E-state index contributed by atoms with van der Waals surface area (Å²) < 4.78 is 6.49. The van der Waals surface area contributed by atoms with Crippen LogP contribution in [0.4, 0.5) is 5.69 Å². The van der Waals surface area contributed by atoms with Crippen molar-refractivity contribution in [1.82, 2.24) is 15.2 Å². The van der Waals surface area contributed by atoms with Crippen LogP contribution in [0, 0.1) is 0 Å². The average Bonchev–Trinajstić information content (AvgIpc) is 3.28. The van der Waals surface area contributed by atoms with Crippen LogP contribution >= 0.6 is 0 Å². The summed E-state index contributed by atoms with van der Waals surface area (Å²) in [5, 5.41) is 3.12. The molecule has 4 fully saturated rings. The minimum absolute atomic E-state index is 0.0334. The van der Waals surface area contributed by atoms with Crippen molar-refractivity contribution in [3.8, 4) is 0 Å². The van der Waals surface area contributed by atoms with Crippen molar-refractivity contribution >= 4 is 11.6 Å². The van der Waals surface area contributed by atoms with Gasteiger partial charge in [-0.3, -0.25) is 4.79 Å². The van der Waals surface area contributed by atoms with Gasteiger partial charge in [-0.05, 0) is 63.5 Å². The fraction of sp³-hybridized carbons (Fsp3) is 0.760. The van der Waals surface area contributed by atoms with Crippen molar-refractivity contribution in [3.05, 3.63) is 24.0 Å². The Balaban J connectivity index is 1.04. The molecule has 1 amide bonds. The maximum absolute atomic E-state index is 12.4. The number of rotatable bonds is 6. The number of hydrogen-bond donors (Lipinski definition) is 1. The number of anilines is 1. The Kier molecular flexibility index (Phi) is 6.75. The Bertz CT molecular complexity index is 714. The molecule has 5 rings (SSSR count). The summed E-state index contributed by atoms with van der Waals surface area (Å²) in [5.41, 5.74) is 1.65. The largest absolute Gasteiger partial charge is 0.375 e. The molecule has 170 valence electrons. The highest BCUT2D eigenvalue weighted by Crippen LogP contribution is 2.29. The second kappa shape index (κ2) is 9.86. The Labute approximate surface area is 186 Å². The van der Waals surface area contributed by atoms with Crippen LogP contribution in [0.2, 0.25) is 0 Å². The van der Waals surface area contributed by atoms with Gasteiger partial charge >= 0.3 is 0 Å². The smallest absolute Gasteiger partial charge is 0.270 e. The van der Waals surface area contributed by atoms with E-state index in [1.54, 1.807) is 0 Å². The fourth-order valence-corrected chi connectivity index (χ4v) is 5.69. The van der Waals surface area contributed by atoms with Crippen molar-refractivity contribution in [2.75, 3.05) is 31.1 Å². The lowest BCUT2D eigenvalue weighted by Crippen LogP contribution is -2.47. The minimum atomic E-state index is -0.0334. The van der Waals surface area contributed by atoms with Gasteiger partial charge in [-0.15, -0.1) is 0 Å². The van der Waals surface area contributed by atoms with E-state index in [4.69, 9.17) is 4.74 Å². The molecule has 3 heterocycles. The molecule has 0 radical (unpaired) electrons. The SMILES string of the molecule is O=C(NC1CCCC1)c1ccc(N2CCC(OC3CCN(C4CCC4)CC3)CC2)cn1. The van der Waals surface area contributed by atoms with Crippen LogP contribution in [0.3, 0.4) is 0 Å². The zero-order chi connectivity index (χ0) is 21.0. The summed E-state index contributed by atoms with van der Waals surface area (Å²) in [4.78, 5) is 21.9. The van der Waals surface area contributed by atoms with Crippen LogP contribution in [0.25, 0.3) is 0 Å². The van der Waals surface area contributed by atoms with E-state index in [0.717, 1.165) is 50.5 Å². The van der Waals surface area contributed by atoms with E-state index in [0.29, 0.717) is 23.9 Å². The normalized spacial score (nSPS) is 25.0. The summed E-state index contributed by atoms with van der Waals surface area (Å²) >= 11 is 0. The molecule has 2 saturated heterocycles. The molecule has 2 saturated carbocycles. The number of aromatic nitrogens is 1. The Morgan fingerprint density at radius 3 is 2.13 bits per heavy atom. The topological polar surface area (TPSA) is 57.7 Å². The number of hydrogen-bond acceptors (Lipinski definition) is 5. The lowest BCUT2D eigenvalue weighted by atomic mass is 9.89. The van der Waals surface area contributed by atoms with Crippen molar-refractivity contribution in [3.63, 3.8) is 0 Å². The standard InChI is InChI=1S/C25H38N4O2/c30-25(27-19-4-1-2-5-19)24-9-8-21(18-26-24)29-16-12-23(13-17-29)31-22-10-14-28(15-11-22)20-6-3-7-20/h8-9,18-20,22-23H,1-7,10-17H2,(H,27,30). The second-order valence-corrected chi connectivity index (χ2v) is 10.00. The number of nitrogens with zero attached hydrogens (tertiary/aromatic N) is 3. The first-order chi connectivity index (χ1) is 15.2. The number of ether oxygens (including phenoxy) is 1. The van der Waals surface area contributed by atoms with Gasteiger partial charge in [0.25, 0.3) is 5.91 Å². The molecular formula is C25H38N4O2.